The fraction of sp³-hybridized carbons (Fsp3) is 0.538. The Bertz CT molecular complexity index is 307. The van der Waals surface area contributed by atoms with Gasteiger partial charge in [-0.2, -0.15) is 0 Å². The highest BCUT2D eigenvalue weighted by Crippen LogP contribution is 2.28. The average molecular weight is 217 g/mol. The molecule has 1 unspecified atom stereocenters. The van der Waals surface area contributed by atoms with Crippen LogP contribution in [0.2, 0.25) is 0 Å². The zero-order valence-electron chi connectivity index (χ0n) is 10.2. The van der Waals surface area contributed by atoms with E-state index in [4.69, 9.17) is 7.85 Å². The van der Waals surface area contributed by atoms with E-state index in [0.717, 1.165) is 19.4 Å². The Labute approximate surface area is 99.7 Å². The summed E-state index contributed by atoms with van der Waals surface area (Å²) in [6, 6.07) is 0.309. The van der Waals surface area contributed by atoms with Crippen LogP contribution >= 0.6 is 0 Å². The Morgan fingerprint density at radius 3 is 2.75 bits per heavy atom. The van der Waals surface area contributed by atoms with E-state index in [9.17, 15) is 5.11 Å². The number of aliphatic hydroxyl groups is 1. The van der Waals surface area contributed by atoms with E-state index < -0.39 is 5.62 Å². The molecule has 1 heterocycles. The first-order valence-corrected chi connectivity index (χ1v) is 5.78. The maximum absolute atomic E-state index is 10.4. The molecule has 0 saturated carbocycles. The Morgan fingerprint density at radius 1 is 1.62 bits per heavy atom. The van der Waals surface area contributed by atoms with Crippen LogP contribution in [-0.2, 0) is 0 Å². The standard InChI is InChI=1S/C13H20BNO/c1-4-6-9-12(5-2)13(14,16)15-10-7-8-11(15)3/h4-6,9,11,16H,2,7-8,10H2,1,3H3/b6-4-,12-9+/t11-,13?/m1/s1. The molecule has 0 amide bonds. The predicted molar refractivity (Wildman–Crippen MR) is 69.2 cm³/mol. The zero-order chi connectivity index (χ0) is 12.2. The molecular weight excluding hydrogens is 197 g/mol. The minimum absolute atomic E-state index is 0.309. The normalized spacial score (nSPS) is 27.2. The van der Waals surface area contributed by atoms with Gasteiger partial charge >= 0.3 is 0 Å². The van der Waals surface area contributed by atoms with Crippen molar-refractivity contribution >= 4 is 7.85 Å². The Balaban J connectivity index is 2.93. The fourth-order valence-electron chi connectivity index (χ4n) is 2.15. The molecular formula is C13H20BNO. The van der Waals surface area contributed by atoms with Crippen molar-refractivity contribution in [3.63, 3.8) is 0 Å². The largest absolute Gasteiger partial charge is 0.381 e. The van der Waals surface area contributed by atoms with E-state index >= 15 is 0 Å². The summed E-state index contributed by atoms with van der Waals surface area (Å²) in [6.45, 7) is 8.54. The first kappa shape index (κ1) is 13.3. The summed E-state index contributed by atoms with van der Waals surface area (Å²) in [5.41, 5.74) is -0.767. The van der Waals surface area contributed by atoms with Crippen molar-refractivity contribution in [1.29, 1.82) is 0 Å². The van der Waals surface area contributed by atoms with Gasteiger partial charge in [0.1, 0.15) is 7.85 Å². The number of nitrogens with zero attached hydrogens (tertiary/aromatic N) is 1. The van der Waals surface area contributed by atoms with Gasteiger partial charge in [-0.1, -0.05) is 30.9 Å². The second-order valence-electron chi connectivity index (χ2n) is 4.26. The van der Waals surface area contributed by atoms with Gasteiger partial charge in [-0.25, -0.2) is 0 Å². The molecule has 1 N–H and O–H groups in total. The second-order valence-corrected chi connectivity index (χ2v) is 4.26. The van der Waals surface area contributed by atoms with Crippen LogP contribution in [0, 0.1) is 0 Å². The molecule has 0 aromatic heterocycles. The molecule has 2 atom stereocenters. The summed E-state index contributed by atoms with van der Waals surface area (Å²) in [4.78, 5) is 1.92. The van der Waals surface area contributed by atoms with E-state index in [0.29, 0.717) is 11.6 Å². The molecule has 16 heavy (non-hydrogen) atoms. The molecule has 0 aromatic carbocycles. The molecule has 0 bridgehead atoms. The first-order valence-electron chi connectivity index (χ1n) is 5.78. The summed E-state index contributed by atoms with van der Waals surface area (Å²) < 4.78 is 0. The quantitative estimate of drug-likeness (QED) is 0.574. The molecule has 1 aliphatic rings. The highest BCUT2D eigenvalue weighted by Gasteiger charge is 2.36. The van der Waals surface area contributed by atoms with Crippen LogP contribution in [-0.4, -0.2) is 36.1 Å². The molecule has 1 aliphatic heterocycles. The van der Waals surface area contributed by atoms with E-state index in [1.807, 2.05) is 24.0 Å². The highest BCUT2D eigenvalue weighted by molar-refractivity contribution is 6.16. The van der Waals surface area contributed by atoms with Crippen molar-refractivity contribution in [3.05, 3.63) is 36.5 Å². The summed E-state index contributed by atoms with van der Waals surface area (Å²) >= 11 is 0. The molecule has 2 radical (unpaired) electrons. The Morgan fingerprint density at radius 2 is 2.31 bits per heavy atom. The number of allylic oxidation sites excluding steroid dienone is 3. The monoisotopic (exact) mass is 217 g/mol. The first-order chi connectivity index (χ1) is 7.54. The Hall–Kier alpha value is -0.795. The van der Waals surface area contributed by atoms with Gasteiger partial charge in [0.15, 0.2) is 0 Å². The van der Waals surface area contributed by atoms with Crippen molar-refractivity contribution < 1.29 is 5.11 Å². The third-order valence-electron chi connectivity index (χ3n) is 3.10. The van der Waals surface area contributed by atoms with Crippen molar-refractivity contribution in [2.75, 3.05) is 6.54 Å². The lowest BCUT2D eigenvalue weighted by atomic mass is 9.81. The van der Waals surface area contributed by atoms with Gasteiger partial charge in [-0.05, 0) is 32.3 Å². The van der Waals surface area contributed by atoms with Crippen LogP contribution in [0.1, 0.15) is 26.7 Å². The van der Waals surface area contributed by atoms with Gasteiger partial charge in [-0.3, -0.25) is 4.90 Å². The maximum Gasteiger partial charge on any atom is 0.142 e. The lowest BCUT2D eigenvalue weighted by Crippen LogP contribution is -2.52. The molecule has 1 saturated heterocycles. The minimum Gasteiger partial charge on any atom is -0.381 e. The van der Waals surface area contributed by atoms with Crippen LogP contribution in [0.15, 0.2) is 36.5 Å². The van der Waals surface area contributed by atoms with Crippen molar-refractivity contribution in [3.8, 4) is 0 Å². The molecule has 2 nitrogen and oxygen atoms in total. The summed E-state index contributed by atoms with van der Waals surface area (Å²) in [7, 11) is 6.02. The van der Waals surface area contributed by atoms with Crippen molar-refractivity contribution in [1.82, 2.24) is 4.90 Å². The predicted octanol–water partition coefficient (Wildman–Crippen LogP) is 1.97. The van der Waals surface area contributed by atoms with Crippen LogP contribution in [0.4, 0.5) is 0 Å². The lowest BCUT2D eigenvalue weighted by molar-refractivity contribution is -0.00902. The van der Waals surface area contributed by atoms with Crippen molar-refractivity contribution in [2.45, 2.75) is 38.4 Å². The number of likely N-dealkylation sites (tertiary alicyclic amines) is 1. The summed E-state index contributed by atoms with van der Waals surface area (Å²) in [5.74, 6) is 0. The zero-order valence-corrected chi connectivity index (χ0v) is 10.2. The molecule has 3 heteroatoms. The van der Waals surface area contributed by atoms with Gasteiger partial charge in [-0.15, -0.1) is 0 Å². The van der Waals surface area contributed by atoms with E-state index in [1.54, 1.807) is 12.2 Å². The smallest absolute Gasteiger partial charge is 0.142 e. The number of hydrogen-bond acceptors (Lipinski definition) is 2. The molecule has 1 fully saturated rings. The van der Waals surface area contributed by atoms with Crippen LogP contribution in [0.3, 0.4) is 0 Å². The highest BCUT2D eigenvalue weighted by atomic mass is 16.3. The maximum atomic E-state index is 10.4. The van der Waals surface area contributed by atoms with Gasteiger partial charge in [0.05, 0.1) is 5.62 Å². The van der Waals surface area contributed by atoms with E-state index in [2.05, 4.69) is 13.5 Å². The molecule has 1 rings (SSSR count). The SMILES string of the molecule is [B]C(O)(/C(C=C)=C/C=C\C)N1CCC[C@H]1C. The van der Waals surface area contributed by atoms with Crippen LogP contribution < -0.4 is 0 Å². The summed E-state index contributed by atoms with van der Waals surface area (Å²) in [6.07, 6.45) is 9.33. The number of rotatable bonds is 4. The van der Waals surface area contributed by atoms with Gasteiger partial charge in [0, 0.05) is 12.6 Å². The molecule has 86 valence electrons. The molecule has 0 spiro atoms. The van der Waals surface area contributed by atoms with Crippen LogP contribution in [0.5, 0.6) is 0 Å². The third kappa shape index (κ3) is 2.66. The van der Waals surface area contributed by atoms with E-state index in [1.165, 1.54) is 0 Å². The minimum atomic E-state index is -1.41. The average Bonchev–Trinajstić information content (AvgIpc) is 2.66. The Kier molecular flexibility index (Phi) is 4.57. The van der Waals surface area contributed by atoms with Crippen molar-refractivity contribution in [2.24, 2.45) is 0 Å². The number of hydrogen-bond donors (Lipinski definition) is 1. The van der Waals surface area contributed by atoms with Gasteiger partial charge in [0.25, 0.3) is 0 Å². The molecule has 0 aromatic rings. The summed E-state index contributed by atoms with van der Waals surface area (Å²) in [5, 5.41) is 10.4. The topological polar surface area (TPSA) is 23.5 Å². The van der Waals surface area contributed by atoms with Gasteiger partial charge in [0.2, 0.25) is 0 Å². The third-order valence-corrected chi connectivity index (χ3v) is 3.10. The van der Waals surface area contributed by atoms with E-state index in [-0.39, 0.29) is 0 Å². The second kappa shape index (κ2) is 5.51. The fourth-order valence-corrected chi connectivity index (χ4v) is 2.15. The van der Waals surface area contributed by atoms with Gasteiger partial charge < -0.3 is 5.11 Å². The molecule has 0 aliphatic carbocycles. The van der Waals surface area contributed by atoms with Crippen LogP contribution in [0.25, 0.3) is 0 Å². The lowest BCUT2D eigenvalue weighted by Gasteiger charge is -2.38.